The molecule has 1 amide bonds. The largest absolute Gasteiger partial charge is 0.480 e. The SMILES string of the molecule is Cc1c(C(=O)N2CCCC2C(=O)O)cnn1C1CCCCC1. The Morgan fingerprint density at radius 2 is 1.91 bits per heavy atom. The second kappa shape index (κ2) is 6.10. The van der Waals surface area contributed by atoms with E-state index < -0.39 is 12.0 Å². The maximum absolute atomic E-state index is 12.7. The van der Waals surface area contributed by atoms with Gasteiger partial charge in [0.05, 0.1) is 17.8 Å². The minimum atomic E-state index is -0.914. The standard InChI is InChI=1S/C16H23N3O3/c1-11-13(10-17-19(11)12-6-3-2-4-7-12)15(20)18-9-5-8-14(18)16(21)22/h10,12,14H,2-9H2,1H3,(H,21,22). The van der Waals surface area contributed by atoms with E-state index in [0.717, 1.165) is 25.0 Å². The van der Waals surface area contributed by atoms with Crippen LogP contribution in [0.4, 0.5) is 0 Å². The first-order chi connectivity index (χ1) is 10.6. The second-order valence-electron chi connectivity index (χ2n) is 6.37. The van der Waals surface area contributed by atoms with Crippen molar-refractivity contribution in [3.05, 3.63) is 17.5 Å². The molecule has 1 unspecified atom stereocenters. The number of carbonyl (C=O) groups is 2. The van der Waals surface area contributed by atoms with Gasteiger partial charge in [-0.25, -0.2) is 4.79 Å². The molecule has 1 N–H and O–H groups in total. The van der Waals surface area contributed by atoms with Gasteiger partial charge in [0.2, 0.25) is 0 Å². The number of nitrogens with zero attached hydrogens (tertiary/aromatic N) is 3. The van der Waals surface area contributed by atoms with Crippen molar-refractivity contribution in [1.82, 2.24) is 14.7 Å². The van der Waals surface area contributed by atoms with Crippen molar-refractivity contribution in [2.75, 3.05) is 6.54 Å². The Bertz CT molecular complexity index is 575. The van der Waals surface area contributed by atoms with E-state index in [1.807, 2.05) is 11.6 Å². The lowest BCUT2D eigenvalue weighted by Crippen LogP contribution is -2.40. The second-order valence-corrected chi connectivity index (χ2v) is 6.37. The van der Waals surface area contributed by atoms with Gasteiger partial charge < -0.3 is 10.0 Å². The normalized spacial score (nSPS) is 23.0. The Balaban J connectivity index is 1.81. The van der Waals surface area contributed by atoms with Crippen LogP contribution in [0.15, 0.2) is 6.20 Å². The van der Waals surface area contributed by atoms with E-state index in [-0.39, 0.29) is 5.91 Å². The monoisotopic (exact) mass is 305 g/mol. The zero-order valence-electron chi connectivity index (χ0n) is 13.0. The zero-order chi connectivity index (χ0) is 15.7. The summed E-state index contributed by atoms with van der Waals surface area (Å²) in [4.78, 5) is 25.4. The quantitative estimate of drug-likeness (QED) is 0.930. The number of hydrogen-bond acceptors (Lipinski definition) is 3. The predicted molar refractivity (Wildman–Crippen MR) is 80.8 cm³/mol. The van der Waals surface area contributed by atoms with Crippen LogP contribution >= 0.6 is 0 Å². The summed E-state index contributed by atoms with van der Waals surface area (Å²) in [5, 5.41) is 13.7. The van der Waals surface area contributed by atoms with Crippen LogP contribution in [0.3, 0.4) is 0 Å². The van der Waals surface area contributed by atoms with Gasteiger partial charge in [-0.3, -0.25) is 9.48 Å². The summed E-state index contributed by atoms with van der Waals surface area (Å²) in [7, 11) is 0. The summed E-state index contributed by atoms with van der Waals surface area (Å²) in [6, 6.07) is -0.311. The highest BCUT2D eigenvalue weighted by Crippen LogP contribution is 2.30. The van der Waals surface area contributed by atoms with E-state index in [4.69, 9.17) is 0 Å². The van der Waals surface area contributed by atoms with Crippen LogP contribution < -0.4 is 0 Å². The molecule has 2 fully saturated rings. The van der Waals surface area contributed by atoms with Gasteiger partial charge in [0.15, 0.2) is 0 Å². The van der Waals surface area contributed by atoms with Crippen LogP contribution in [0.25, 0.3) is 0 Å². The van der Waals surface area contributed by atoms with E-state index in [2.05, 4.69) is 5.10 Å². The van der Waals surface area contributed by atoms with Crippen molar-refractivity contribution >= 4 is 11.9 Å². The summed E-state index contributed by atoms with van der Waals surface area (Å²) in [6.07, 6.45) is 8.81. The Morgan fingerprint density at radius 1 is 1.18 bits per heavy atom. The highest BCUT2D eigenvalue weighted by molar-refractivity contribution is 5.97. The molecule has 1 saturated carbocycles. The number of aromatic nitrogens is 2. The summed E-state index contributed by atoms with van der Waals surface area (Å²) >= 11 is 0. The first-order valence-electron chi connectivity index (χ1n) is 8.17. The number of carboxylic acids is 1. The molecule has 2 aliphatic rings. The lowest BCUT2D eigenvalue weighted by molar-refractivity contribution is -0.141. The molecule has 0 spiro atoms. The van der Waals surface area contributed by atoms with Crippen LogP contribution in [-0.4, -0.2) is 44.3 Å². The van der Waals surface area contributed by atoms with E-state index >= 15 is 0 Å². The van der Waals surface area contributed by atoms with Crippen molar-refractivity contribution in [1.29, 1.82) is 0 Å². The fourth-order valence-corrected chi connectivity index (χ4v) is 3.75. The Morgan fingerprint density at radius 3 is 2.59 bits per heavy atom. The minimum absolute atomic E-state index is 0.190. The number of carboxylic acid groups (broad SMARTS) is 1. The molecule has 6 nitrogen and oxygen atoms in total. The molecule has 22 heavy (non-hydrogen) atoms. The topological polar surface area (TPSA) is 75.4 Å². The van der Waals surface area contributed by atoms with Gasteiger partial charge >= 0.3 is 5.97 Å². The number of amides is 1. The average molecular weight is 305 g/mol. The highest BCUT2D eigenvalue weighted by Gasteiger charge is 2.35. The summed E-state index contributed by atoms with van der Waals surface area (Å²) in [5.41, 5.74) is 1.42. The summed E-state index contributed by atoms with van der Waals surface area (Å²) in [5.74, 6) is -1.10. The van der Waals surface area contributed by atoms with Crippen LogP contribution in [0, 0.1) is 6.92 Å². The van der Waals surface area contributed by atoms with Crippen molar-refractivity contribution in [2.24, 2.45) is 0 Å². The fraction of sp³-hybridized carbons (Fsp3) is 0.688. The predicted octanol–water partition coefficient (Wildman–Crippen LogP) is 2.39. The third kappa shape index (κ3) is 2.62. The lowest BCUT2D eigenvalue weighted by Gasteiger charge is -2.24. The van der Waals surface area contributed by atoms with Crippen molar-refractivity contribution in [3.63, 3.8) is 0 Å². The Kier molecular flexibility index (Phi) is 4.18. The van der Waals surface area contributed by atoms with Gasteiger partial charge in [-0.15, -0.1) is 0 Å². The molecule has 120 valence electrons. The van der Waals surface area contributed by atoms with E-state index in [1.165, 1.54) is 24.2 Å². The lowest BCUT2D eigenvalue weighted by atomic mass is 9.95. The number of carbonyl (C=O) groups excluding carboxylic acids is 1. The molecule has 3 rings (SSSR count). The molecular formula is C16H23N3O3. The first kappa shape index (κ1) is 15.1. The number of rotatable bonds is 3. The average Bonchev–Trinajstić information content (AvgIpc) is 3.14. The van der Waals surface area contributed by atoms with Gasteiger partial charge in [0, 0.05) is 12.2 Å². The molecule has 1 aromatic rings. The van der Waals surface area contributed by atoms with Crippen molar-refractivity contribution in [2.45, 2.75) is 64.0 Å². The van der Waals surface area contributed by atoms with Crippen LogP contribution in [0.1, 0.15) is 67.0 Å². The van der Waals surface area contributed by atoms with E-state index in [9.17, 15) is 14.7 Å². The minimum Gasteiger partial charge on any atom is -0.480 e. The van der Waals surface area contributed by atoms with Gasteiger partial charge in [0.25, 0.3) is 5.91 Å². The highest BCUT2D eigenvalue weighted by atomic mass is 16.4. The first-order valence-corrected chi connectivity index (χ1v) is 8.17. The van der Waals surface area contributed by atoms with Crippen molar-refractivity contribution < 1.29 is 14.7 Å². The smallest absolute Gasteiger partial charge is 0.326 e. The molecule has 1 aromatic heterocycles. The van der Waals surface area contributed by atoms with Gasteiger partial charge in [-0.05, 0) is 32.6 Å². The molecule has 1 saturated heterocycles. The van der Waals surface area contributed by atoms with E-state index in [1.54, 1.807) is 6.20 Å². The number of hydrogen-bond donors (Lipinski definition) is 1. The van der Waals surface area contributed by atoms with E-state index in [0.29, 0.717) is 24.6 Å². The van der Waals surface area contributed by atoms with Gasteiger partial charge in [-0.1, -0.05) is 19.3 Å². The molecule has 1 aliphatic heterocycles. The molecule has 6 heteroatoms. The Hall–Kier alpha value is -1.85. The van der Waals surface area contributed by atoms with Crippen LogP contribution in [-0.2, 0) is 4.79 Å². The zero-order valence-corrected chi connectivity index (χ0v) is 13.0. The molecule has 1 atom stereocenters. The Labute approximate surface area is 130 Å². The van der Waals surface area contributed by atoms with Crippen molar-refractivity contribution in [3.8, 4) is 0 Å². The maximum atomic E-state index is 12.7. The maximum Gasteiger partial charge on any atom is 0.326 e. The van der Waals surface area contributed by atoms with Crippen LogP contribution in [0.2, 0.25) is 0 Å². The molecule has 2 heterocycles. The summed E-state index contributed by atoms with van der Waals surface area (Å²) in [6.45, 7) is 2.44. The van der Waals surface area contributed by atoms with Crippen LogP contribution in [0.5, 0.6) is 0 Å². The summed E-state index contributed by atoms with van der Waals surface area (Å²) < 4.78 is 1.97. The molecule has 0 bridgehead atoms. The molecule has 0 aromatic carbocycles. The third-order valence-electron chi connectivity index (χ3n) is 4.99. The third-order valence-corrected chi connectivity index (χ3v) is 4.99. The van der Waals surface area contributed by atoms with Gasteiger partial charge in [-0.2, -0.15) is 5.10 Å². The number of likely N-dealkylation sites (tertiary alicyclic amines) is 1. The fourth-order valence-electron chi connectivity index (χ4n) is 3.75. The molecular weight excluding hydrogens is 282 g/mol. The molecule has 0 radical (unpaired) electrons. The molecule has 1 aliphatic carbocycles. The number of aliphatic carboxylic acids is 1. The van der Waals surface area contributed by atoms with Gasteiger partial charge in [0.1, 0.15) is 6.04 Å².